The van der Waals surface area contributed by atoms with Crippen LogP contribution in [0.1, 0.15) is 19.4 Å². The van der Waals surface area contributed by atoms with E-state index in [1.807, 2.05) is 45.0 Å². The van der Waals surface area contributed by atoms with Crippen LogP contribution < -0.4 is 4.90 Å². The highest BCUT2D eigenvalue weighted by molar-refractivity contribution is 6.01. The molecule has 15 heavy (non-hydrogen) atoms. The Bertz CT molecular complexity index is 369. The first-order chi connectivity index (χ1) is 7.19. The number of hydrogen-bond donors (Lipinski definition) is 0. The zero-order valence-corrected chi connectivity index (χ0v) is 9.53. The third kappa shape index (κ3) is 2.94. The molecule has 0 bridgehead atoms. The summed E-state index contributed by atoms with van der Waals surface area (Å²) in [4.78, 5) is 13.5. The Kier molecular flexibility index (Phi) is 4.10. The van der Waals surface area contributed by atoms with E-state index in [2.05, 4.69) is 0 Å². The second kappa shape index (κ2) is 5.35. The molecular weight excluding hydrogens is 186 g/mol. The standard InChI is InChI=1S/C13H17NO/c1-4-7-13(15)14(5-2)12-9-6-8-11(3)10-12/h4,6-10H,5H2,1-3H3/b7-4+. The number of aryl methyl sites for hydroxylation is 1. The number of allylic oxidation sites excluding steroid dienone is 1. The number of rotatable bonds is 3. The molecular formula is C13H17NO. The van der Waals surface area contributed by atoms with Crippen molar-refractivity contribution in [2.24, 2.45) is 0 Å². The molecule has 0 heterocycles. The van der Waals surface area contributed by atoms with Gasteiger partial charge in [0.2, 0.25) is 0 Å². The molecule has 1 aromatic rings. The quantitative estimate of drug-likeness (QED) is 0.692. The van der Waals surface area contributed by atoms with E-state index < -0.39 is 0 Å². The molecule has 0 N–H and O–H groups in total. The number of hydrogen-bond acceptors (Lipinski definition) is 1. The van der Waals surface area contributed by atoms with Gasteiger partial charge in [-0.05, 0) is 44.5 Å². The van der Waals surface area contributed by atoms with E-state index in [0.29, 0.717) is 6.54 Å². The van der Waals surface area contributed by atoms with Crippen molar-refractivity contribution in [3.8, 4) is 0 Å². The van der Waals surface area contributed by atoms with Crippen LogP contribution in [0.4, 0.5) is 5.69 Å². The van der Waals surface area contributed by atoms with Crippen LogP contribution >= 0.6 is 0 Å². The Morgan fingerprint density at radius 2 is 2.20 bits per heavy atom. The molecule has 0 saturated heterocycles. The van der Waals surface area contributed by atoms with E-state index in [9.17, 15) is 4.79 Å². The predicted molar refractivity (Wildman–Crippen MR) is 64.0 cm³/mol. The first kappa shape index (κ1) is 11.5. The van der Waals surface area contributed by atoms with Crippen LogP contribution in [0.15, 0.2) is 36.4 Å². The lowest BCUT2D eigenvalue weighted by Crippen LogP contribution is -2.28. The molecule has 0 atom stereocenters. The van der Waals surface area contributed by atoms with E-state index in [1.165, 1.54) is 5.56 Å². The van der Waals surface area contributed by atoms with Gasteiger partial charge in [0, 0.05) is 12.2 Å². The minimum absolute atomic E-state index is 0.0330. The minimum atomic E-state index is 0.0330. The maximum absolute atomic E-state index is 11.7. The molecule has 0 aliphatic rings. The number of carbonyl (C=O) groups excluding carboxylic acids is 1. The van der Waals surface area contributed by atoms with Gasteiger partial charge in [0.15, 0.2) is 0 Å². The molecule has 0 fully saturated rings. The summed E-state index contributed by atoms with van der Waals surface area (Å²) in [6.45, 7) is 6.54. The van der Waals surface area contributed by atoms with Crippen LogP contribution in [-0.4, -0.2) is 12.5 Å². The lowest BCUT2D eigenvalue weighted by atomic mass is 10.2. The van der Waals surface area contributed by atoms with Crippen LogP contribution in [0.25, 0.3) is 0 Å². The van der Waals surface area contributed by atoms with Crippen LogP contribution in [0.5, 0.6) is 0 Å². The number of benzene rings is 1. The van der Waals surface area contributed by atoms with Crippen LogP contribution in [0.3, 0.4) is 0 Å². The largest absolute Gasteiger partial charge is 0.309 e. The number of carbonyl (C=O) groups is 1. The highest BCUT2D eigenvalue weighted by Gasteiger charge is 2.09. The molecule has 0 aliphatic carbocycles. The minimum Gasteiger partial charge on any atom is -0.309 e. The van der Waals surface area contributed by atoms with Crippen molar-refractivity contribution in [2.45, 2.75) is 20.8 Å². The molecule has 0 radical (unpaired) electrons. The van der Waals surface area contributed by atoms with Gasteiger partial charge in [0.05, 0.1) is 0 Å². The van der Waals surface area contributed by atoms with Crippen molar-refractivity contribution in [3.05, 3.63) is 42.0 Å². The third-order valence-corrected chi connectivity index (χ3v) is 2.20. The number of nitrogens with zero attached hydrogens (tertiary/aromatic N) is 1. The lowest BCUT2D eigenvalue weighted by molar-refractivity contribution is -0.114. The van der Waals surface area contributed by atoms with Gasteiger partial charge in [-0.3, -0.25) is 4.79 Å². The van der Waals surface area contributed by atoms with Gasteiger partial charge in [0.25, 0.3) is 5.91 Å². The van der Waals surface area contributed by atoms with Crippen molar-refractivity contribution in [2.75, 3.05) is 11.4 Å². The van der Waals surface area contributed by atoms with Crippen LogP contribution in [0.2, 0.25) is 0 Å². The first-order valence-corrected chi connectivity index (χ1v) is 5.20. The molecule has 1 aromatic carbocycles. The molecule has 0 aliphatic heterocycles. The number of likely N-dealkylation sites (N-methyl/N-ethyl adjacent to an activating group) is 1. The summed E-state index contributed by atoms with van der Waals surface area (Å²) in [5, 5.41) is 0. The molecule has 2 heteroatoms. The highest BCUT2D eigenvalue weighted by Crippen LogP contribution is 2.15. The summed E-state index contributed by atoms with van der Waals surface area (Å²) in [7, 11) is 0. The molecule has 1 amide bonds. The fourth-order valence-corrected chi connectivity index (χ4v) is 1.49. The smallest absolute Gasteiger partial charge is 0.250 e. The summed E-state index contributed by atoms with van der Waals surface area (Å²) in [6, 6.07) is 7.97. The van der Waals surface area contributed by atoms with Crippen molar-refractivity contribution in [3.63, 3.8) is 0 Å². The maximum Gasteiger partial charge on any atom is 0.250 e. The molecule has 1 rings (SSSR count). The SMILES string of the molecule is C/C=C/C(=O)N(CC)c1cccc(C)c1. The Balaban J connectivity index is 2.97. The van der Waals surface area contributed by atoms with E-state index in [-0.39, 0.29) is 5.91 Å². The lowest BCUT2D eigenvalue weighted by Gasteiger charge is -2.19. The second-order valence-corrected chi connectivity index (χ2v) is 3.42. The normalized spacial score (nSPS) is 10.6. The highest BCUT2D eigenvalue weighted by atomic mass is 16.2. The van der Waals surface area contributed by atoms with Gasteiger partial charge in [-0.15, -0.1) is 0 Å². The summed E-state index contributed by atoms with van der Waals surface area (Å²) in [5.41, 5.74) is 2.12. The van der Waals surface area contributed by atoms with Crippen molar-refractivity contribution >= 4 is 11.6 Å². The van der Waals surface area contributed by atoms with Crippen molar-refractivity contribution in [1.82, 2.24) is 0 Å². The maximum atomic E-state index is 11.7. The van der Waals surface area contributed by atoms with E-state index >= 15 is 0 Å². The van der Waals surface area contributed by atoms with E-state index in [0.717, 1.165) is 5.69 Å². The Labute approximate surface area is 91.2 Å². The van der Waals surface area contributed by atoms with Gasteiger partial charge < -0.3 is 4.90 Å². The van der Waals surface area contributed by atoms with Gasteiger partial charge in [-0.1, -0.05) is 18.2 Å². The van der Waals surface area contributed by atoms with Gasteiger partial charge >= 0.3 is 0 Å². The fraction of sp³-hybridized carbons (Fsp3) is 0.308. The molecule has 0 saturated carbocycles. The van der Waals surface area contributed by atoms with Gasteiger partial charge in [-0.25, -0.2) is 0 Å². The Morgan fingerprint density at radius 1 is 1.47 bits per heavy atom. The van der Waals surface area contributed by atoms with Crippen molar-refractivity contribution < 1.29 is 4.79 Å². The van der Waals surface area contributed by atoms with Crippen molar-refractivity contribution in [1.29, 1.82) is 0 Å². The summed E-state index contributed by atoms with van der Waals surface area (Å²) in [5.74, 6) is 0.0330. The van der Waals surface area contributed by atoms with Gasteiger partial charge in [-0.2, -0.15) is 0 Å². The summed E-state index contributed by atoms with van der Waals surface area (Å²) in [6.07, 6.45) is 3.35. The Morgan fingerprint density at radius 3 is 2.73 bits per heavy atom. The average Bonchev–Trinajstić information content (AvgIpc) is 2.19. The number of amides is 1. The number of anilines is 1. The average molecular weight is 203 g/mol. The molecule has 0 spiro atoms. The third-order valence-electron chi connectivity index (χ3n) is 2.20. The molecule has 0 aromatic heterocycles. The molecule has 2 nitrogen and oxygen atoms in total. The Hall–Kier alpha value is -1.57. The van der Waals surface area contributed by atoms with E-state index in [4.69, 9.17) is 0 Å². The van der Waals surface area contributed by atoms with Crippen LogP contribution in [0, 0.1) is 6.92 Å². The zero-order valence-electron chi connectivity index (χ0n) is 9.53. The second-order valence-electron chi connectivity index (χ2n) is 3.42. The van der Waals surface area contributed by atoms with Crippen LogP contribution in [-0.2, 0) is 4.79 Å². The monoisotopic (exact) mass is 203 g/mol. The molecule has 0 unspecified atom stereocenters. The first-order valence-electron chi connectivity index (χ1n) is 5.20. The van der Waals surface area contributed by atoms with E-state index in [1.54, 1.807) is 17.1 Å². The topological polar surface area (TPSA) is 20.3 Å². The summed E-state index contributed by atoms with van der Waals surface area (Å²) >= 11 is 0. The van der Waals surface area contributed by atoms with Gasteiger partial charge in [0.1, 0.15) is 0 Å². The fourth-order valence-electron chi connectivity index (χ4n) is 1.49. The zero-order chi connectivity index (χ0) is 11.3. The molecule has 80 valence electrons. The summed E-state index contributed by atoms with van der Waals surface area (Å²) < 4.78 is 0. The predicted octanol–water partition coefficient (Wildman–Crippen LogP) is 2.92.